The third-order valence-electron chi connectivity index (χ3n) is 3.57. The van der Waals surface area contributed by atoms with Crippen molar-refractivity contribution in [1.29, 1.82) is 0 Å². The molecular formula is C14H16N4S2. The van der Waals surface area contributed by atoms with Gasteiger partial charge in [0, 0.05) is 10.6 Å². The van der Waals surface area contributed by atoms with E-state index in [0.29, 0.717) is 4.99 Å². The van der Waals surface area contributed by atoms with Crippen molar-refractivity contribution in [3.8, 4) is 0 Å². The van der Waals surface area contributed by atoms with Crippen LogP contribution in [0.4, 0.5) is 10.9 Å². The monoisotopic (exact) mass is 304 g/mol. The molecule has 0 unspecified atom stereocenters. The molecule has 2 aromatic heterocycles. The van der Waals surface area contributed by atoms with Crippen LogP contribution in [0.3, 0.4) is 0 Å². The fourth-order valence-electron chi connectivity index (χ4n) is 2.38. The van der Waals surface area contributed by atoms with Crippen molar-refractivity contribution < 1.29 is 0 Å². The first-order valence-corrected chi connectivity index (χ1v) is 7.80. The number of anilines is 2. The van der Waals surface area contributed by atoms with Crippen molar-refractivity contribution >= 4 is 39.5 Å². The molecule has 0 saturated carbocycles. The first kappa shape index (κ1) is 13.5. The van der Waals surface area contributed by atoms with Gasteiger partial charge in [-0.2, -0.15) is 0 Å². The Morgan fingerprint density at radius 1 is 1.35 bits per heavy atom. The normalized spacial score (nSPS) is 13.3. The highest BCUT2D eigenvalue weighted by molar-refractivity contribution is 7.80. The number of hydrogen-bond donors (Lipinski definition) is 2. The Morgan fingerprint density at radius 2 is 2.15 bits per heavy atom. The second-order valence-electron chi connectivity index (χ2n) is 4.99. The molecule has 0 aromatic carbocycles. The summed E-state index contributed by atoms with van der Waals surface area (Å²) in [5.41, 5.74) is 10.1. The maximum absolute atomic E-state index is 5.83. The fourth-order valence-corrected chi connectivity index (χ4v) is 3.35. The summed E-state index contributed by atoms with van der Waals surface area (Å²) in [6.45, 7) is 4.06. The topological polar surface area (TPSA) is 63.8 Å². The van der Waals surface area contributed by atoms with E-state index in [1.54, 1.807) is 11.3 Å². The van der Waals surface area contributed by atoms with E-state index in [1.807, 2.05) is 6.92 Å². The molecule has 0 aliphatic heterocycles. The Labute approximate surface area is 127 Å². The molecule has 0 atom stereocenters. The molecule has 0 amide bonds. The van der Waals surface area contributed by atoms with E-state index in [2.05, 4.69) is 23.3 Å². The molecule has 3 N–H and O–H groups in total. The highest BCUT2D eigenvalue weighted by atomic mass is 32.1. The van der Waals surface area contributed by atoms with Crippen molar-refractivity contribution in [2.75, 3.05) is 5.32 Å². The fraction of sp³-hybridized carbons (Fsp3) is 0.357. The quantitative estimate of drug-likeness (QED) is 0.853. The van der Waals surface area contributed by atoms with Crippen LogP contribution in [0.15, 0.2) is 6.07 Å². The van der Waals surface area contributed by atoms with E-state index < -0.39 is 0 Å². The first-order valence-electron chi connectivity index (χ1n) is 6.58. The molecule has 20 heavy (non-hydrogen) atoms. The number of aromatic nitrogens is 2. The Bertz CT molecular complexity index is 671. The van der Waals surface area contributed by atoms with Crippen LogP contribution < -0.4 is 11.1 Å². The summed E-state index contributed by atoms with van der Waals surface area (Å²) in [5.74, 6) is 0.729. The number of nitrogens with two attached hydrogens (primary N) is 1. The average molecular weight is 304 g/mol. The molecule has 0 radical (unpaired) electrons. The number of pyridine rings is 1. The first-order chi connectivity index (χ1) is 9.54. The molecule has 0 fully saturated rings. The molecule has 6 heteroatoms. The molecule has 0 saturated heterocycles. The number of fused-ring (bicyclic) bond motifs is 1. The van der Waals surface area contributed by atoms with E-state index in [9.17, 15) is 0 Å². The number of aryl methyl sites for hydroxylation is 4. The highest BCUT2D eigenvalue weighted by Crippen LogP contribution is 2.29. The number of thiazole rings is 1. The third-order valence-corrected chi connectivity index (χ3v) is 4.78. The smallest absolute Gasteiger partial charge is 0.188 e. The SMILES string of the molecule is Cc1nc(Nc2nc3c(cc2C(N)=S)CCC3)sc1C. The van der Waals surface area contributed by atoms with Crippen LogP contribution in [0.1, 0.15) is 33.8 Å². The predicted octanol–water partition coefficient (Wildman–Crippen LogP) is 3.02. The minimum absolute atomic E-state index is 0.375. The van der Waals surface area contributed by atoms with Gasteiger partial charge in [0.15, 0.2) is 5.13 Å². The Hall–Kier alpha value is -1.53. The van der Waals surface area contributed by atoms with Crippen LogP contribution in [0.25, 0.3) is 0 Å². The van der Waals surface area contributed by atoms with Gasteiger partial charge in [0.05, 0.1) is 11.3 Å². The van der Waals surface area contributed by atoms with Crippen molar-refractivity contribution in [1.82, 2.24) is 9.97 Å². The van der Waals surface area contributed by atoms with Gasteiger partial charge < -0.3 is 11.1 Å². The lowest BCUT2D eigenvalue weighted by Crippen LogP contribution is -2.14. The molecule has 104 valence electrons. The summed E-state index contributed by atoms with van der Waals surface area (Å²) in [6.07, 6.45) is 3.24. The van der Waals surface area contributed by atoms with Gasteiger partial charge in [0.1, 0.15) is 10.8 Å². The van der Waals surface area contributed by atoms with Crippen molar-refractivity contribution in [2.45, 2.75) is 33.1 Å². The van der Waals surface area contributed by atoms with Gasteiger partial charge in [-0.15, -0.1) is 11.3 Å². The van der Waals surface area contributed by atoms with Gasteiger partial charge in [-0.05, 0) is 44.7 Å². The molecule has 2 aromatic rings. The number of thiocarbonyl (C=S) groups is 1. The molecular weight excluding hydrogens is 288 g/mol. The van der Waals surface area contributed by atoms with E-state index in [-0.39, 0.29) is 0 Å². The molecule has 4 nitrogen and oxygen atoms in total. The van der Waals surface area contributed by atoms with Gasteiger partial charge in [-0.3, -0.25) is 0 Å². The number of hydrogen-bond acceptors (Lipinski definition) is 5. The van der Waals surface area contributed by atoms with Gasteiger partial charge in [-0.1, -0.05) is 12.2 Å². The lowest BCUT2D eigenvalue weighted by atomic mass is 10.1. The summed E-state index contributed by atoms with van der Waals surface area (Å²) in [5, 5.41) is 4.11. The van der Waals surface area contributed by atoms with Gasteiger partial charge in [-0.25, -0.2) is 9.97 Å². The van der Waals surface area contributed by atoms with E-state index in [1.165, 1.54) is 10.4 Å². The minimum Gasteiger partial charge on any atom is -0.389 e. The minimum atomic E-state index is 0.375. The molecule has 0 bridgehead atoms. The average Bonchev–Trinajstić information content (AvgIpc) is 2.95. The molecule has 1 aliphatic carbocycles. The largest absolute Gasteiger partial charge is 0.389 e. The Morgan fingerprint density at radius 3 is 2.80 bits per heavy atom. The molecule has 3 rings (SSSR count). The van der Waals surface area contributed by atoms with Crippen molar-refractivity contribution in [3.05, 3.63) is 33.5 Å². The maximum atomic E-state index is 5.83. The van der Waals surface area contributed by atoms with E-state index >= 15 is 0 Å². The van der Waals surface area contributed by atoms with Gasteiger partial charge in [0.2, 0.25) is 0 Å². The van der Waals surface area contributed by atoms with Crippen molar-refractivity contribution in [3.63, 3.8) is 0 Å². The van der Waals surface area contributed by atoms with Gasteiger partial charge in [0.25, 0.3) is 0 Å². The maximum Gasteiger partial charge on any atom is 0.188 e. The summed E-state index contributed by atoms with van der Waals surface area (Å²) < 4.78 is 0. The zero-order valence-electron chi connectivity index (χ0n) is 11.5. The Balaban J connectivity index is 2.01. The summed E-state index contributed by atoms with van der Waals surface area (Å²) in [4.78, 5) is 10.8. The van der Waals surface area contributed by atoms with Crippen LogP contribution in [0.2, 0.25) is 0 Å². The number of rotatable bonds is 3. The van der Waals surface area contributed by atoms with Crippen LogP contribution >= 0.6 is 23.6 Å². The number of nitrogens with zero attached hydrogens (tertiary/aromatic N) is 2. The zero-order chi connectivity index (χ0) is 14.3. The predicted molar refractivity (Wildman–Crippen MR) is 87.0 cm³/mol. The second-order valence-corrected chi connectivity index (χ2v) is 6.64. The van der Waals surface area contributed by atoms with Crippen LogP contribution in [-0.4, -0.2) is 15.0 Å². The summed E-state index contributed by atoms with van der Waals surface area (Å²) in [6, 6.07) is 2.08. The number of nitrogens with one attached hydrogen (secondary N) is 1. The van der Waals surface area contributed by atoms with Crippen LogP contribution in [-0.2, 0) is 12.8 Å². The lowest BCUT2D eigenvalue weighted by molar-refractivity contribution is 0.900. The summed E-state index contributed by atoms with van der Waals surface area (Å²) >= 11 is 6.77. The third kappa shape index (κ3) is 2.41. The Kier molecular flexibility index (Phi) is 3.43. The van der Waals surface area contributed by atoms with Gasteiger partial charge >= 0.3 is 0 Å². The summed E-state index contributed by atoms with van der Waals surface area (Å²) in [7, 11) is 0. The van der Waals surface area contributed by atoms with Crippen LogP contribution in [0, 0.1) is 13.8 Å². The van der Waals surface area contributed by atoms with E-state index in [4.69, 9.17) is 22.9 Å². The molecule has 1 aliphatic rings. The molecule has 0 spiro atoms. The second kappa shape index (κ2) is 5.10. The van der Waals surface area contributed by atoms with Crippen LogP contribution in [0.5, 0.6) is 0 Å². The highest BCUT2D eigenvalue weighted by Gasteiger charge is 2.18. The lowest BCUT2D eigenvalue weighted by Gasteiger charge is -2.11. The zero-order valence-corrected chi connectivity index (χ0v) is 13.1. The van der Waals surface area contributed by atoms with E-state index in [0.717, 1.165) is 47.2 Å². The van der Waals surface area contributed by atoms with Crippen molar-refractivity contribution in [2.24, 2.45) is 5.73 Å². The molecule has 2 heterocycles. The standard InChI is InChI=1S/C14H16N4S2/c1-7-8(2)20-14(16-7)18-13-10(12(15)19)6-9-4-3-5-11(9)17-13/h6H,3-5H2,1-2H3,(H2,15,19)(H,16,17,18).